The SMILES string of the molecule is Cc1nc(/C=C/C(=O)N[C@@H]2CC[C@@H](N3CCCC3)[C@@H]2O)cs1. The van der Waals surface area contributed by atoms with Gasteiger partial charge in [0.05, 0.1) is 22.8 Å². The molecule has 120 valence electrons. The van der Waals surface area contributed by atoms with Crippen LogP contribution in [0.3, 0.4) is 0 Å². The molecule has 1 aromatic rings. The summed E-state index contributed by atoms with van der Waals surface area (Å²) in [5, 5.41) is 16.3. The van der Waals surface area contributed by atoms with E-state index in [1.165, 1.54) is 18.9 Å². The molecule has 2 heterocycles. The second-order valence-electron chi connectivity index (χ2n) is 6.12. The van der Waals surface area contributed by atoms with Crippen LogP contribution in [0.2, 0.25) is 0 Å². The Bertz CT molecular complexity index is 551. The van der Waals surface area contributed by atoms with Gasteiger partial charge in [-0.1, -0.05) is 0 Å². The summed E-state index contributed by atoms with van der Waals surface area (Å²) < 4.78 is 0. The van der Waals surface area contributed by atoms with E-state index in [1.54, 1.807) is 17.4 Å². The Morgan fingerprint density at radius 3 is 2.91 bits per heavy atom. The van der Waals surface area contributed by atoms with Crippen LogP contribution >= 0.6 is 11.3 Å². The lowest BCUT2D eigenvalue weighted by Crippen LogP contribution is -2.47. The van der Waals surface area contributed by atoms with Crippen molar-refractivity contribution in [2.24, 2.45) is 0 Å². The first kappa shape index (κ1) is 15.6. The van der Waals surface area contributed by atoms with E-state index in [2.05, 4.69) is 15.2 Å². The van der Waals surface area contributed by atoms with Crippen LogP contribution in [0.1, 0.15) is 36.4 Å². The molecule has 0 spiro atoms. The third kappa shape index (κ3) is 3.56. The Labute approximate surface area is 135 Å². The molecule has 0 radical (unpaired) electrons. The molecule has 1 aliphatic heterocycles. The van der Waals surface area contributed by atoms with Crippen LogP contribution in [0.4, 0.5) is 0 Å². The lowest BCUT2D eigenvalue weighted by molar-refractivity contribution is -0.117. The van der Waals surface area contributed by atoms with Gasteiger partial charge in [0.1, 0.15) is 0 Å². The molecule has 0 unspecified atom stereocenters. The topological polar surface area (TPSA) is 65.5 Å². The lowest BCUT2D eigenvalue weighted by atomic mass is 10.1. The molecule has 0 aromatic carbocycles. The molecule has 1 aromatic heterocycles. The molecule has 3 rings (SSSR count). The minimum absolute atomic E-state index is 0.139. The van der Waals surface area contributed by atoms with Crippen molar-refractivity contribution in [1.82, 2.24) is 15.2 Å². The Morgan fingerprint density at radius 2 is 2.23 bits per heavy atom. The van der Waals surface area contributed by atoms with Gasteiger partial charge in [0.15, 0.2) is 0 Å². The predicted molar refractivity (Wildman–Crippen MR) is 87.7 cm³/mol. The summed E-state index contributed by atoms with van der Waals surface area (Å²) in [5.41, 5.74) is 0.805. The fraction of sp³-hybridized carbons (Fsp3) is 0.625. The summed E-state index contributed by atoms with van der Waals surface area (Å²) in [7, 11) is 0. The normalized spacial score (nSPS) is 29.5. The molecular weight excluding hydrogens is 298 g/mol. The highest BCUT2D eigenvalue weighted by atomic mass is 32.1. The van der Waals surface area contributed by atoms with Crippen LogP contribution in [0.25, 0.3) is 6.08 Å². The predicted octanol–water partition coefficient (Wildman–Crippen LogP) is 1.57. The molecule has 1 aliphatic carbocycles. The third-order valence-corrected chi connectivity index (χ3v) is 5.35. The zero-order chi connectivity index (χ0) is 15.5. The van der Waals surface area contributed by atoms with Crippen molar-refractivity contribution in [1.29, 1.82) is 0 Å². The molecule has 22 heavy (non-hydrogen) atoms. The standard InChI is InChI=1S/C16H23N3O2S/c1-11-17-12(10-22-11)4-7-15(20)18-13-5-6-14(16(13)21)19-8-2-3-9-19/h4,7,10,13-14,16,21H,2-3,5-6,8-9H2,1H3,(H,18,20)/b7-4+/t13-,14-,16-/m1/s1. The van der Waals surface area contributed by atoms with Crippen molar-refractivity contribution in [2.75, 3.05) is 13.1 Å². The number of thiazole rings is 1. The van der Waals surface area contributed by atoms with Gasteiger partial charge < -0.3 is 10.4 Å². The Hall–Kier alpha value is -1.24. The van der Waals surface area contributed by atoms with Crippen molar-refractivity contribution in [3.8, 4) is 0 Å². The number of aliphatic hydroxyl groups excluding tert-OH is 1. The quantitative estimate of drug-likeness (QED) is 0.826. The van der Waals surface area contributed by atoms with Crippen LogP contribution in [-0.4, -0.2) is 52.2 Å². The zero-order valence-corrected chi connectivity index (χ0v) is 13.7. The molecule has 0 bridgehead atoms. The van der Waals surface area contributed by atoms with Gasteiger partial charge >= 0.3 is 0 Å². The maximum Gasteiger partial charge on any atom is 0.244 e. The average Bonchev–Trinajstić information content (AvgIpc) is 3.20. The van der Waals surface area contributed by atoms with E-state index >= 15 is 0 Å². The number of aryl methyl sites for hydroxylation is 1. The monoisotopic (exact) mass is 321 g/mol. The number of likely N-dealkylation sites (tertiary alicyclic amines) is 1. The maximum atomic E-state index is 12.0. The number of aromatic nitrogens is 1. The molecule has 1 saturated heterocycles. The highest BCUT2D eigenvalue weighted by Gasteiger charge is 2.39. The number of carbonyl (C=O) groups excluding carboxylic acids is 1. The zero-order valence-electron chi connectivity index (χ0n) is 12.9. The fourth-order valence-corrected chi connectivity index (χ4v) is 4.02. The molecule has 6 heteroatoms. The lowest BCUT2D eigenvalue weighted by Gasteiger charge is -2.28. The van der Waals surface area contributed by atoms with Gasteiger partial charge in [0.2, 0.25) is 5.91 Å². The summed E-state index contributed by atoms with van der Waals surface area (Å²) in [6.07, 6.45) is 7.00. The van der Waals surface area contributed by atoms with Gasteiger partial charge in [0.25, 0.3) is 0 Å². The van der Waals surface area contributed by atoms with E-state index in [-0.39, 0.29) is 18.0 Å². The molecular formula is C16H23N3O2S. The number of hydrogen-bond donors (Lipinski definition) is 2. The molecule has 3 atom stereocenters. The Balaban J connectivity index is 1.52. The highest BCUT2D eigenvalue weighted by molar-refractivity contribution is 7.09. The van der Waals surface area contributed by atoms with E-state index in [9.17, 15) is 9.90 Å². The Morgan fingerprint density at radius 1 is 1.45 bits per heavy atom. The summed E-state index contributed by atoms with van der Waals surface area (Å²) in [5.74, 6) is -0.156. The molecule has 1 saturated carbocycles. The van der Waals surface area contributed by atoms with Gasteiger partial charge in [-0.25, -0.2) is 4.98 Å². The van der Waals surface area contributed by atoms with E-state index in [1.807, 2.05) is 12.3 Å². The van der Waals surface area contributed by atoms with Gasteiger partial charge in [-0.15, -0.1) is 11.3 Å². The van der Waals surface area contributed by atoms with Crippen LogP contribution in [-0.2, 0) is 4.79 Å². The smallest absolute Gasteiger partial charge is 0.244 e. The first-order valence-electron chi connectivity index (χ1n) is 7.96. The van der Waals surface area contributed by atoms with Crippen molar-refractivity contribution < 1.29 is 9.90 Å². The third-order valence-electron chi connectivity index (χ3n) is 4.56. The van der Waals surface area contributed by atoms with E-state index in [0.29, 0.717) is 0 Å². The fourth-order valence-electron chi connectivity index (χ4n) is 3.44. The first-order valence-corrected chi connectivity index (χ1v) is 8.84. The number of aliphatic hydroxyl groups is 1. The van der Waals surface area contributed by atoms with Crippen molar-refractivity contribution >= 4 is 23.3 Å². The summed E-state index contributed by atoms with van der Waals surface area (Å²) in [6, 6.07) is 0.0675. The second kappa shape index (κ2) is 6.89. The molecule has 1 amide bonds. The summed E-state index contributed by atoms with van der Waals surface area (Å²) in [4.78, 5) is 18.7. The number of amides is 1. The number of rotatable bonds is 4. The molecule has 2 fully saturated rings. The number of nitrogens with one attached hydrogen (secondary N) is 1. The van der Waals surface area contributed by atoms with E-state index in [4.69, 9.17) is 0 Å². The summed E-state index contributed by atoms with van der Waals surface area (Å²) in [6.45, 7) is 4.09. The average molecular weight is 321 g/mol. The van der Waals surface area contributed by atoms with Crippen molar-refractivity contribution in [3.63, 3.8) is 0 Å². The number of carbonyl (C=O) groups is 1. The molecule has 2 N–H and O–H groups in total. The molecule has 2 aliphatic rings. The van der Waals surface area contributed by atoms with Gasteiger partial charge in [-0.2, -0.15) is 0 Å². The second-order valence-corrected chi connectivity index (χ2v) is 7.18. The van der Waals surface area contributed by atoms with Gasteiger partial charge in [0, 0.05) is 17.5 Å². The van der Waals surface area contributed by atoms with E-state index < -0.39 is 6.10 Å². The largest absolute Gasteiger partial charge is 0.389 e. The number of nitrogens with zero attached hydrogens (tertiary/aromatic N) is 2. The van der Waals surface area contributed by atoms with Crippen LogP contribution in [0, 0.1) is 6.92 Å². The van der Waals surface area contributed by atoms with E-state index in [0.717, 1.165) is 36.6 Å². The highest BCUT2D eigenvalue weighted by Crippen LogP contribution is 2.27. The molecule has 5 nitrogen and oxygen atoms in total. The Kier molecular flexibility index (Phi) is 4.90. The minimum atomic E-state index is -0.461. The first-order chi connectivity index (χ1) is 10.6. The van der Waals surface area contributed by atoms with Crippen LogP contribution in [0.5, 0.6) is 0 Å². The van der Waals surface area contributed by atoms with Crippen molar-refractivity contribution in [2.45, 2.75) is 50.8 Å². The van der Waals surface area contributed by atoms with Crippen molar-refractivity contribution in [3.05, 3.63) is 22.2 Å². The maximum absolute atomic E-state index is 12.0. The number of hydrogen-bond acceptors (Lipinski definition) is 5. The van der Waals surface area contributed by atoms with Gasteiger partial charge in [-0.3, -0.25) is 9.69 Å². The summed E-state index contributed by atoms with van der Waals surface area (Å²) >= 11 is 1.56. The van der Waals surface area contributed by atoms with Gasteiger partial charge in [-0.05, 0) is 51.8 Å². The minimum Gasteiger partial charge on any atom is -0.389 e. The van der Waals surface area contributed by atoms with Crippen LogP contribution in [0.15, 0.2) is 11.5 Å². The van der Waals surface area contributed by atoms with Crippen LogP contribution < -0.4 is 5.32 Å².